The van der Waals surface area contributed by atoms with E-state index in [0.29, 0.717) is 11.9 Å². The summed E-state index contributed by atoms with van der Waals surface area (Å²) in [5.41, 5.74) is 2.23. The van der Waals surface area contributed by atoms with E-state index in [2.05, 4.69) is 76.1 Å². The minimum atomic E-state index is 0.464. The first-order chi connectivity index (χ1) is 9.52. The van der Waals surface area contributed by atoms with Crippen LogP contribution in [-0.4, -0.2) is 34.1 Å². The maximum absolute atomic E-state index is 6.04. The highest BCUT2D eigenvalue weighted by Crippen LogP contribution is 2.20. The Morgan fingerprint density at radius 2 is 2.15 bits per heavy atom. The van der Waals surface area contributed by atoms with Crippen molar-refractivity contribution < 1.29 is 0 Å². The predicted molar refractivity (Wildman–Crippen MR) is 94.4 cm³/mol. The van der Waals surface area contributed by atoms with Crippen molar-refractivity contribution >= 4 is 45.2 Å². The summed E-state index contributed by atoms with van der Waals surface area (Å²) >= 11 is 8.36. The molecular formula is C15H21ClIN3. The lowest BCUT2D eigenvalue weighted by Crippen LogP contribution is -2.28. The van der Waals surface area contributed by atoms with Crippen molar-refractivity contribution in [3.8, 4) is 0 Å². The number of rotatable bonds is 6. The van der Waals surface area contributed by atoms with Crippen LogP contribution in [0.2, 0.25) is 0 Å². The Hall–Kier alpha value is -0.330. The Morgan fingerprint density at radius 1 is 1.40 bits per heavy atom. The van der Waals surface area contributed by atoms with Crippen molar-refractivity contribution in [2.45, 2.75) is 38.7 Å². The van der Waals surface area contributed by atoms with Crippen LogP contribution in [0.4, 0.5) is 0 Å². The van der Waals surface area contributed by atoms with Crippen molar-refractivity contribution in [3.05, 3.63) is 27.6 Å². The summed E-state index contributed by atoms with van der Waals surface area (Å²) in [6.07, 6.45) is 1.11. The quantitative estimate of drug-likeness (QED) is 0.533. The first-order valence-electron chi connectivity index (χ1n) is 6.93. The summed E-state index contributed by atoms with van der Waals surface area (Å²) in [5.74, 6) is 1.43. The van der Waals surface area contributed by atoms with Gasteiger partial charge < -0.3 is 9.47 Å². The average Bonchev–Trinajstić information content (AvgIpc) is 2.75. The van der Waals surface area contributed by atoms with Gasteiger partial charge in [0.15, 0.2) is 0 Å². The number of benzene rings is 1. The third-order valence-electron chi connectivity index (χ3n) is 3.68. The molecule has 0 spiro atoms. The van der Waals surface area contributed by atoms with Crippen molar-refractivity contribution in [1.29, 1.82) is 0 Å². The molecule has 0 saturated carbocycles. The smallest absolute Gasteiger partial charge is 0.124 e. The van der Waals surface area contributed by atoms with E-state index in [4.69, 9.17) is 11.6 Å². The van der Waals surface area contributed by atoms with Crippen molar-refractivity contribution in [3.63, 3.8) is 0 Å². The molecule has 0 aliphatic rings. The summed E-state index contributed by atoms with van der Waals surface area (Å²) < 4.78 is 3.47. The monoisotopic (exact) mass is 405 g/mol. The fourth-order valence-electron chi connectivity index (χ4n) is 2.24. The zero-order valence-corrected chi connectivity index (χ0v) is 15.1. The molecule has 0 saturated heterocycles. The van der Waals surface area contributed by atoms with Gasteiger partial charge in [-0.3, -0.25) is 0 Å². The molecule has 1 aromatic carbocycles. The molecule has 5 heteroatoms. The van der Waals surface area contributed by atoms with Gasteiger partial charge in [-0.2, -0.15) is 0 Å². The normalized spacial score (nSPS) is 11.9. The first kappa shape index (κ1) is 16.0. The Labute approximate surface area is 139 Å². The molecule has 0 N–H and O–H groups in total. The van der Waals surface area contributed by atoms with Crippen molar-refractivity contribution in [2.24, 2.45) is 0 Å². The number of hydrogen-bond donors (Lipinski definition) is 0. The number of fused-ring (bicyclic) bond motifs is 1. The number of imidazole rings is 1. The van der Waals surface area contributed by atoms with Crippen LogP contribution in [0, 0.1) is 3.57 Å². The zero-order chi connectivity index (χ0) is 14.7. The van der Waals surface area contributed by atoms with E-state index >= 15 is 0 Å². The zero-order valence-electron chi connectivity index (χ0n) is 12.2. The van der Waals surface area contributed by atoms with Gasteiger partial charge in [0, 0.05) is 16.2 Å². The van der Waals surface area contributed by atoms with Crippen LogP contribution >= 0.6 is 34.2 Å². The van der Waals surface area contributed by atoms with Crippen LogP contribution in [-0.2, 0) is 12.4 Å². The number of aryl methyl sites for hydroxylation is 1. The van der Waals surface area contributed by atoms with Crippen LogP contribution in [0.3, 0.4) is 0 Å². The molecule has 20 heavy (non-hydrogen) atoms. The Morgan fingerprint density at radius 3 is 2.80 bits per heavy atom. The van der Waals surface area contributed by atoms with E-state index in [-0.39, 0.29) is 0 Å². The highest BCUT2D eigenvalue weighted by atomic mass is 127. The van der Waals surface area contributed by atoms with Gasteiger partial charge >= 0.3 is 0 Å². The van der Waals surface area contributed by atoms with Crippen LogP contribution in [0.5, 0.6) is 0 Å². The van der Waals surface area contributed by atoms with Crippen molar-refractivity contribution in [1.82, 2.24) is 14.5 Å². The van der Waals surface area contributed by atoms with E-state index < -0.39 is 0 Å². The summed E-state index contributed by atoms with van der Waals surface area (Å²) in [7, 11) is 2.17. The summed E-state index contributed by atoms with van der Waals surface area (Å²) in [4.78, 5) is 7.00. The molecule has 3 nitrogen and oxygen atoms in total. The molecule has 0 fully saturated rings. The van der Waals surface area contributed by atoms with E-state index in [1.807, 2.05) is 0 Å². The van der Waals surface area contributed by atoms with Crippen LogP contribution < -0.4 is 0 Å². The molecule has 0 unspecified atom stereocenters. The molecule has 0 atom stereocenters. The highest BCUT2D eigenvalue weighted by molar-refractivity contribution is 14.1. The second kappa shape index (κ2) is 7.09. The summed E-state index contributed by atoms with van der Waals surface area (Å²) in [5, 5.41) is 0. The predicted octanol–water partition coefficient (Wildman–Crippen LogP) is 4.11. The Kier molecular flexibility index (Phi) is 5.69. The van der Waals surface area contributed by atoms with E-state index in [1.54, 1.807) is 0 Å². The minimum Gasteiger partial charge on any atom is -0.327 e. The number of nitrogens with zero attached hydrogens (tertiary/aromatic N) is 3. The van der Waals surface area contributed by atoms with E-state index in [1.165, 1.54) is 9.09 Å². The SMILES string of the molecule is CC(C)N(C)CCCn1c(CCl)nc2cc(I)ccc21. The van der Waals surface area contributed by atoms with Crippen LogP contribution in [0.15, 0.2) is 18.2 Å². The van der Waals surface area contributed by atoms with E-state index in [9.17, 15) is 0 Å². The molecule has 0 amide bonds. The van der Waals surface area contributed by atoms with Gasteiger partial charge in [-0.15, -0.1) is 11.6 Å². The molecular weight excluding hydrogens is 385 g/mol. The Balaban J connectivity index is 2.16. The van der Waals surface area contributed by atoms with Gasteiger partial charge in [-0.25, -0.2) is 4.98 Å². The lowest BCUT2D eigenvalue weighted by Gasteiger charge is -2.21. The lowest BCUT2D eigenvalue weighted by molar-refractivity contribution is 0.265. The first-order valence-corrected chi connectivity index (χ1v) is 8.55. The highest BCUT2D eigenvalue weighted by Gasteiger charge is 2.10. The molecule has 0 radical (unpaired) electrons. The molecule has 0 bridgehead atoms. The number of halogens is 2. The molecule has 1 heterocycles. The van der Waals surface area contributed by atoms with Crippen LogP contribution in [0.1, 0.15) is 26.1 Å². The Bertz CT molecular complexity index is 580. The van der Waals surface area contributed by atoms with Gasteiger partial charge in [0.25, 0.3) is 0 Å². The topological polar surface area (TPSA) is 21.1 Å². The molecule has 2 rings (SSSR count). The minimum absolute atomic E-state index is 0.464. The molecule has 0 aliphatic heterocycles. The fourth-order valence-corrected chi connectivity index (χ4v) is 2.92. The second-order valence-electron chi connectivity index (χ2n) is 5.37. The van der Waals surface area contributed by atoms with E-state index in [0.717, 1.165) is 30.9 Å². The fraction of sp³-hybridized carbons (Fsp3) is 0.533. The number of alkyl halides is 1. The van der Waals surface area contributed by atoms with Gasteiger partial charge in [0.05, 0.1) is 16.9 Å². The van der Waals surface area contributed by atoms with Gasteiger partial charge in [0.1, 0.15) is 5.82 Å². The van der Waals surface area contributed by atoms with Crippen LogP contribution in [0.25, 0.3) is 11.0 Å². The molecule has 110 valence electrons. The maximum Gasteiger partial charge on any atom is 0.124 e. The van der Waals surface area contributed by atoms with Gasteiger partial charge in [0.2, 0.25) is 0 Å². The average molecular weight is 406 g/mol. The number of aromatic nitrogens is 2. The number of hydrogen-bond acceptors (Lipinski definition) is 2. The van der Waals surface area contributed by atoms with Gasteiger partial charge in [-0.1, -0.05) is 0 Å². The molecule has 1 aromatic heterocycles. The summed E-state index contributed by atoms with van der Waals surface area (Å²) in [6, 6.07) is 6.97. The third-order valence-corrected chi connectivity index (χ3v) is 4.59. The third kappa shape index (κ3) is 3.65. The maximum atomic E-state index is 6.04. The lowest BCUT2D eigenvalue weighted by atomic mass is 10.3. The molecule has 0 aliphatic carbocycles. The summed E-state index contributed by atoms with van der Waals surface area (Å²) in [6.45, 7) is 6.50. The largest absolute Gasteiger partial charge is 0.327 e. The van der Waals surface area contributed by atoms with Gasteiger partial charge in [-0.05, 0) is 74.7 Å². The standard InChI is InChI=1S/C15H21ClIN3/c1-11(2)19(3)7-4-8-20-14-6-5-12(17)9-13(14)18-15(20)10-16/h5-6,9,11H,4,7-8,10H2,1-3H3. The van der Waals surface area contributed by atoms with Crippen molar-refractivity contribution in [2.75, 3.05) is 13.6 Å². The molecule has 2 aromatic rings. The second-order valence-corrected chi connectivity index (χ2v) is 6.89.